The summed E-state index contributed by atoms with van der Waals surface area (Å²) in [6, 6.07) is 4.76. The van der Waals surface area contributed by atoms with Gasteiger partial charge in [0.2, 0.25) is 0 Å². The van der Waals surface area contributed by atoms with Crippen LogP contribution in [0.5, 0.6) is 0 Å². The highest BCUT2D eigenvalue weighted by atomic mass is 35.5. The van der Waals surface area contributed by atoms with Crippen molar-refractivity contribution in [3.8, 4) is 0 Å². The third kappa shape index (κ3) is 2.47. The van der Waals surface area contributed by atoms with Crippen LogP contribution < -0.4 is 5.32 Å². The standard InChI is InChI=1S/C9H11ClFN/c1-12-5-4-7-2-3-8(10)6-9(7)11/h2-3,6,12H,4-5H2,1H3. The van der Waals surface area contributed by atoms with E-state index in [2.05, 4.69) is 5.32 Å². The summed E-state index contributed by atoms with van der Waals surface area (Å²) < 4.78 is 13.1. The van der Waals surface area contributed by atoms with Crippen molar-refractivity contribution in [2.75, 3.05) is 13.6 Å². The fourth-order valence-corrected chi connectivity index (χ4v) is 1.14. The SMILES string of the molecule is CNCCc1ccc(Cl)cc1F. The average molecular weight is 188 g/mol. The van der Waals surface area contributed by atoms with Crippen LogP contribution in [0.1, 0.15) is 5.56 Å². The Kier molecular flexibility index (Phi) is 3.50. The molecule has 0 amide bonds. The van der Waals surface area contributed by atoms with E-state index < -0.39 is 0 Å². The van der Waals surface area contributed by atoms with Gasteiger partial charge in [-0.2, -0.15) is 0 Å². The lowest BCUT2D eigenvalue weighted by atomic mass is 10.1. The number of halogens is 2. The summed E-state index contributed by atoms with van der Waals surface area (Å²) in [5, 5.41) is 3.40. The van der Waals surface area contributed by atoms with Crippen molar-refractivity contribution < 1.29 is 4.39 Å². The highest BCUT2D eigenvalue weighted by molar-refractivity contribution is 6.30. The minimum absolute atomic E-state index is 0.224. The van der Waals surface area contributed by atoms with Crippen LogP contribution in [0, 0.1) is 5.82 Å². The van der Waals surface area contributed by atoms with Crippen molar-refractivity contribution in [1.82, 2.24) is 5.32 Å². The van der Waals surface area contributed by atoms with Crippen molar-refractivity contribution in [2.24, 2.45) is 0 Å². The van der Waals surface area contributed by atoms with Gasteiger partial charge in [-0.1, -0.05) is 17.7 Å². The summed E-state index contributed by atoms with van der Waals surface area (Å²) in [7, 11) is 1.84. The highest BCUT2D eigenvalue weighted by Crippen LogP contribution is 2.14. The highest BCUT2D eigenvalue weighted by Gasteiger charge is 2.00. The molecule has 0 heterocycles. The van der Waals surface area contributed by atoms with E-state index in [1.54, 1.807) is 12.1 Å². The molecule has 0 bridgehead atoms. The fourth-order valence-electron chi connectivity index (χ4n) is 0.984. The maximum atomic E-state index is 13.1. The number of likely N-dealkylation sites (N-methyl/N-ethyl adjacent to an activating group) is 1. The average Bonchev–Trinajstić information content (AvgIpc) is 2.03. The van der Waals surface area contributed by atoms with E-state index in [1.165, 1.54) is 6.07 Å². The molecule has 3 heteroatoms. The van der Waals surface area contributed by atoms with E-state index >= 15 is 0 Å². The van der Waals surface area contributed by atoms with Gasteiger partial charge >= 0.3 is 0 Å². The molecule has 0 unspecified atom stereocenters. The second kappa shape index (κ2) is 4.43. The van der Waals surface area contributed by atoms with E-state index in [-0.39, 0.29) is 5.82 Å². The first-order valence-electron chi connectivity index (χ1n) is 3.82. The molecule has 0 saturated heterocycles. The Balaban J connectivity index is 2.72. The summed E-state index contributed by atoms with van der Waals surface area (Å²) in [5.41, 5.74) is 0.703. The molecule has 66 valence electrons. The Hall–Kier alpha value is -0.600. The van der Waals surface area contributed by atoms with Crippen LogP contribution in [-0.2, 0) is 6.42 Å². The zero-order chi connectivity index (χ0) is 8.97. The van der Waals surface area contributed by atoms with Crippen LogP contribution in [0.3, 0.4) is 0 Å². The molecule has 0 spiro atoms. The lowest BCUT2D eigenvalue weighted by molar-refractivity contribution is 0.605. The van der Waals surface area contributed by atoms with Crippen molar-refractivity contribution >= 4 is 11.6 Å². The summed E-state index contributed by atoms with van der Waals surface area (Å²) in [6.07, 6.45) is 0.694. The molecule has 0 radical (unpaired) electrons. The van der Waals surface area contributed by atoms with Gasteiger partial charge in [-0.05, 0) is 37.7 Å². The maximum Gasteiger partial charge on any atom is 0.127 e. The number of nitrogens with one attached hydrogen (secondary N) is 1. The van der Waals surface area contributed by atoms with Gasteiger partial charge in [0.25, 0.3) is 0 Å². The fraction of sp³-hybridized carbons (Fsp3) is 0.333. The molecule has 0 aliphatic heterocycles. The third-order valence-corrected chi connectivity index (χ3v) is 1.89. The topological polar surface area (TPSA) is 12.0 Å². The van der Waals surface area contributed by atoms with Crippen LogP contribution in [0.2, 0.25) is 5.02 Å². The first-order chi connectivity index (χ1) is 5.74. The van der Waals surface area contributed by atoms with E-state index in [0.717, 1.165) is 6.54 Å². The Bertz CT molecular complexity index is 263. The van der Waals surface area contributed by atoms with Crippen LogP contribution in [0.15, 0.2) is 18.2 Å². The Labute approximate surface area is 76.5 Å². The number of hydrogen-bond donors (Lipinski definition) is 1. The minimum atomic E-state index is -0.224. The monoisotopic (exact) mass is 187 g/mol. The van der Waals surface area contributed by atoms with Gasteiger partial charge in [-0.25, -0.2) is 4.39 Å². The van der Waals surface area contributed by atoms with Crippen molar-refractivity contribution in [1.29, 1.82) is 0 Å². The van der Waals surface area contributed by atoms with Crippen molar-refractivity contribution in [3.05, 3.63) is 34.6 Å². The lowest BCUT2D eigenvalue weighted by Gasteiger charge is -2.02. The largest absolute Gasteiger partial charge is 0.319 e. The van der Waals surface area contributed by atoms with Gasteiger partial charge in [-0.15, -0.1) is 0 Å². The minimum Gasteiger partial charge on any atom is -0.319 e. The van der Waals surface area contributed by atoms with Gasteiger partial charge in [0.05, 0.1) is 0 Å². The normalized spacial score (nSPS) is 10.2. The summed E-state index contributed by atoms with van der Waals surface area (Å²) in [6.45, 7) is 0.776. The summed E-state index contributed by atoms with van der Waals surface area (Å²) in [4.78, 5) is 0. The first-order valence-corrected chi connectivity index (χ1v) is 4.20. The zero-order valence-corrected chi connectivity index (χ0v) is 7.66. The van der Waals surface area contributed by atoms with Crippen LogP contribution in [-0.4, -0.2) is 13.6 Å². The van der Waals surface area contributed by atoms with Gasteiger partial charge in [-0.3, -0.25) is 0 Å². The van der Waals surface area contributed by atoms with Crippen molar-refractivity contribution in [3.63, 3.8) is 0 Å². The Morgan fingerprint density at radius 1 is 1.50 bits per heavy atom. The molecule has 12 heavy (non-hydrogen) atoms. The molecule has 1 rings (SSSR count). The van der Waals surface area contributed by atoms with E-state index in [0.29, 0.717) is 17.0 Å². The summed E-state index contributed by atoms with van der Waals surface area (Å²) in [5.74, 6) is -0.224. The predicted octanol–water partition coefficient (Wildman–Crippen LogP) is 2.24. The number of hydrogen-bond acceptors (Lipinski definition) is 1. The zero-order valence-electron chi connectivity index (χ0n) is 6.90. The van der Waals surface area contributed by atoms with Crippen molar-refractivity contribution in [2.45, 2.75) is 6.42 Å². The Morgan fingerprint density at radius 2 is 2.25 bits per heavy atom. The quantitative estimate of drug-likeness (QED) is 0.766. The van der Waals surface area contributed by atoms with E-state index in [1.807, 2.05) is 7.05 Å². The second-order valence-corrected chi connectivity index (χ2v) is 3.03. The number of benzene rings is 1. The second-order valence-electron chi connectivity index (χ2n) is 2.59. The molecule has 0 aliphatic rings. The smallest absolute Gasteiger partial charge is 0.127 e. The molecule has 0 atom stereocenters. The molecule has 0 saturated carbocycles. The maximum absolute atomic E-state index is 13.1. The number of rotatable bonds is 3. The van der Waals surface area contributed by atoms with Crippen LogP contribution in [0.25, 0.3) is 0 Å². The van der Waals surface area contributed by atoms with Gasteiger partial charge < -0.3 is 5.32 Å². The summed E-state index contributed by atoms with van der Waals surface area (Å²) >= 11 is 5.60. The molecular weight excluding hydrogens is 177 g/mol. The van der Waals surface area contributed by atoms with Gasteiger partial charge in [0, 0.05) is 5.02 Å². The molecule has 0 aromatic heterocycles. The van der Waals surface area contributed by atoms with E-state index in [4.69, 9.17) is 11.6 Å². The molecule has 0 fully saturated rings. The van der Waals surface area contributed by atoms with Gasteiger partial charge in [0.15, 0.2) is 0 Å². The molecule has 0 aliphatic carbocycles. The Morgan fingerprint density at radius 3 is 2.83 bits per heavy atom. The van der Waals surface area contributed by atoms with Gasteiger partial charge in [0.1, 0.15) is 5.82 Å². The van der Waals surface area contributed by atoms with E-state index in [9.17, 15) is 4.39 Å². The van der Waals surface area contributed by atoms with Crippen LogP contribution in [0.4, 0.5) is 4.39 Å². The molecular formula is C9H11ClFN. The van der Waals surface area contributed by atoms with Crippen LogP contribution >= 0.6 is 11.6 Å². The lowest BCUT2D eigenvalue weighted by Crippen LogP contribution is -2.11. The predicted molar refractivity (Wildman–Crippen MR) is 49.0 cm³/mol. The molecule has 1 aromatic carbocycles. The molecule has 1 nitrogen and oxygen atoms in total. The molecule has 1 aromatic rings. The molecule has 1 N–H and O–H groups in total. The third-order valence-electron chi connectivity index (χ3n) is 1.66. The first kappa shape index (κ1) is 9.49.